The lowest BCUT2D eigenvalue weighted by Gasteiger charge is -2.29. The molecule has 36 heavy (non-hydrogen) atoms. The molecule has 4 heterocycles. The Bertz CT molecular complexity index is 1190. The van der Waals surface area contributed by atoms with Crippen LogP contribution in [0.1, 0.15) is 26.7 Å². The number of alkyl halides is 3. The molecule has 1 fully saturated rings. The maximum atomic E-state index is 12.6. The molecule has 1 aliphatic heterocycles. The van der Waals surface area contributed by atoms with Crippen LogP contribution in [0.5, 0.6) is 5.75 Å². The van der Waals surface area contributed by atoms with Crippen molar-refractivity contribution in [2.75, 3.05) is 32.0 Å². The largest absolute Gasteiger partial charge is 0.489 e. The van der Waals surface area contributed by atoms with E-state index in [4.69, 9.17) is 4.74 Å². The van der Waals surface area contributed by atoms with Crippen LogP contribution >= 0.6 is 0 Å². The predicted octanol–water partition coefficient (Wildman–Crippen LogP) is 4.21. The number of H-pyrrole nitrogens is 1. The second-order valence-electron chi connectivity index (χ2n) is 9.55. The maximum absolute atomic E-state index is 12.6. The van der Waals surface area contributed by atoms with Crippen LogP contribution in [0.3, 0.4) is 0 Å². The summed E-state index contributed by atoms with van der Waals surface area (Å²) in [5.41, 5.74) is 2.84. The first kappa shape index (κ1) is 25.7. The van der Waals surface area contributed by atoms with E-state index in [1.54, 1.807) is 26.2 Å². The zero-order valence-corrected chi connectivity index (χ0v) is 20.5. The summed E-state index contributed by atoms with van der Waals surface area (Å²) in [6.45, 7) is 4.14. The highest BCUT2D eigenvalue weighted by molar-refractivity contribution is 5.94. The summed E-state index contributed by atoms with van der Waals surface area (Å²) in [5, 5.41) is 5.86. The summed E-state index contributed by atoms with van der Waals surface area (Å²) < 4.78 is 43.9. The van der Waals surface area contributed by atoms with E-state index in [-0.39, 0.29) is 12.0 Å². The van der Waals surface area contributed by atoms with Gasteiger partial charge in [-0.15, -0.1) is 0 Å². The molecule has 0 radical (unpaired) electrons. The number of nitrogens with zero attached hydrogens (tertiary/aromatic N) is 3. The fourth-order valence-electron chi connectivity index (χ4n) is 4.26. The Morgan fingerprint density at radius 1 is 1.22 bits per heavy atom. The monoisotopic (exact) mass is 504 g/mol. The van der Waals surface area contributed by atoms with Crippen LogP contribution in [0.4, 0.5) is 18.9 Å². The van der Waals surface area contributed by atoms with Gasteiger partial charge in [0.1, 0.15) is 30.1 Å². The first-order valence-corrected chi connectivity index (χ1v) is 12.0. The fourth-order valence-corrected chi connectivity index (χ4v) is 4.26. The second-order valence-corrected chi connectivity index (χ2v) is 9.55. The summed E-state index contributed by atoms with van der Waals surface area (Å²) in [5.74, 6) is -0.278. The third-order valence-electron chi connectivity index (χ3n) is 6.26. The van der Waals surface area contributed by atoms with Crippen molar-refractivity contribution in [3.63, 3.8) is 0 Å². The molecule has 0 saturated carbocycles. The highest BCUT2D eigenvalue weighted by Gasteiger charge is 2.30. The van der Waals surface area contributed by atoms with Gasteiger partial charge in [-0.05, 0) is 37.9 Å². The SMILES string of the molecule is CC(C)C(Nc1cncc(-c2c[nH]c3ncc(OC4CCN(C)CC4)cc23)c1)C(=O)NCC(F)(F)F. The Hall–Kier alpha value is -3.34. The minimum Gasteiger partial charge on any atom is -0.489 e. The Kier molecular flexibility index (Phi) is 7.67. The van der Waals surface area contributed by atoms with Crippen LogP contribution in [0, 0.1) is 5.92 Å². The number of fused-ring (bicyclic) bond motifs is 1. The maximum Gasteiger partial charge on any atom is 0.405 e. The number of amides is 1. The van der Waals surface area contributed by atoms with E-state index in [0.717, 1.165) is 42.4 Å². The smallest absolute Gasteiger partial charge is 0.405 e. The van der Waals surface area contributed by atoms with E-state index >= 15 is 0 Å². The molecular weight excluding hydrogens is 473 g/mol. The third-order valence-corrected chi connectivity index (χ3v) is 6.26. The Morgan fingerprint density at radius 2 is 1.97 bits per heavy atom. The van der Waals surface area contributed by atoms with Gasteiger partial charge in [-0.2, -0.15) is 13.2 Å². The van der Waals surface area contributed by atoms with E-state index in [1.165, 1.54) is 6.20 Å². The summed E-state index contributed by atoms with van der Waals surface area (Å²) in [6, 6.07) is 2.91. The van der Waals surface area contributed by atoms with Gasteiger partial charge in [0, 0.05) is 48.2 Å². The molecule has 1 saturated heterocycles. The highest BCUT2D eigenvalue weighted by atomic mass is 19.4. The second kappa shape index (κ2) is 10.7. The quantitative estimate of drug-likeness (QED) is 0.425. The molecule has 0 aromatic carbocycles. The van der Waals surface area contributed by atoms with Crippen LogP contribution in [-0.4, -0.2) is 70.8 Å². The number of piperidine rings is 1. The average molecular weight is 505 g/mol. The summed E-state index contributed by atoms with van der Waals surface area (Å²) >= 11 is 0. The lowest BCUT2D eigenvalue weighted by atomic mass is 10.0. The minimum absolute atomic E-state index is 0.147. The van der Waals surface area contributed by atoms with Gasteiger partial charge in [-0.25, -0.2) is 4.98 Å². The number of aromatic amines is 1. The zero-order chi connectivity index (χ0) is 25.9. The highest BCUT2D eigenvalue weighted by Crippen LogP contribution is 2.32. The molecule has 4 rings (SSSR count). The van der Waals surface area contributed by atoms with Crippen molar-refractivity contribution < 1.29 is 22.7 Å². The number of pyridine rings is 2. The van der Waals surface area contributed by atoms with Crippen LogP contribution in [0.15, 0.2) is 36.9 Å². The molecule has 0 aliphatic carbocycles. The molecule has 11 heteroatoms. The van der Waals surface area contributed by atoms with Gasteiger partial charge in [0.15, 0.2) is 0 Å². The van der Waals surface area contributed by atoms with Gasteiger partial charge in [0.25, 0.3) is 0 Å². The number of nitrogens with one attached hydrogen (secondary N) is 3. The third kappa shape index (κ3) is 6.45. The molecular formula is C25H31F3N6O2. The van der Waals surface area contributed by atoms with Gasteiger partial charge in [0.05, 0.1) is 11.9 Å². The van der Waals surface area contributed by atoms with Gasteiger partial charge in [0.2, 0.25) is 5.91 Å². The number of aromatic nitrogens is 3. The number of rotatable bonds is 8. The number of halogens is 3. The average Bonchev–Trinajstić information content (AvgIpc) is 3.25. The van der Waals surface area contributed by atoms with Gasteiger partial charge in [-0.1, -0.05) is 13.8 Å². The van der Waals surface area contributed by atoms with E-state index < -0.39 is 24.7 Å². The number of hydrogen-bond acceptors (Lipinski definition) is 6. The van der Waals surface area contributed by atoms with Crippen molar-refractivity contribution in [3.05, 3.63) is 36.9 Å². The van der Waals surface area contributed by atoms with Crippen molar-refractivity contribution in [1.29, 1.82) is 0 Å². The molecule has 1 atom stereocenters. The first-order valence-electron chi connectivity index (χ1n) is 12.0. The van der Waals surface area contributed by atoms with Crippen LogP contribution in [0.2, 0.25) is 0 Å². The lowest BCUT2D eigenvalue weighted by Crippen LogP contribution is -2.46. The van der Waals surface area contributed by atoms with Crippen molar-refractivity contribution >= 4 is 22.6 Å². The molecule has 1 amide bonds. The molecule has 3 aromatic heterocycles. The Balaban J connectivity index is 1.52. The first-order chi connectivity index (χ1) is 17.1. The van der Waals surface area contributed by atoms with Crippen molar-refractivity contribution in [2.24, 2.45) is 5.92 Å². The van der Waals surface area contributed by atoms with Crippen molar-refractivity contribution in [3.8, 4) is 16.9 Å². The Labute approximate surface area is 207 Å². The van der Waals surface area contributed by atoms with Gasteiger partial charge >= 0.3 is 6.18 Å². The van der Waals surface area contributed by atoms with E-state index in [9.17, 15) is 18.0 Å². The number of hydrogen-bond donors (Lipinski definition) is 3. The molecule has 194 valence electrons. The predicted molar refractivity (Wildman–Crippen MR) is 132 cm³/mol. The minimum atomic E-state index is -4.47. The van der Waals surface area contributed by atoms with Crippen molar-refractivity contribution in [2.45, 2.75) is 45.0 Å². The topological polar surface area (TPSA) is 95.2 Å². The fraction of sp³-hybridized carbons (Fsp3) is 0.480. The zero-order valence-electron chi connectivity index (χ0n) is 20.5. The standard InChI is InChI=1S/C25H31F3N6O2/c1-15(2)22(24(35)32-14-25(26,27)28)33-17-8-16(10-29-11-17)21-13-31-23-20(21)9-19(12-30-23)36-18-4-6-34(3)7-5-18/h8-13,15,18,22,33H,4-7,14H2,1-3H3,(H,30,31)(H,32,35). The molecule has 0 bridgehead atoms. The Morgan fingerprint density at radius 3 is 2.67 bits per heavy atom. The molecule has 0 spiro atoms. The van der Waals surface area contributed by atoms with E-state index in [2.05, 4.69) is 32.2 Å². The molecule has 3 aromatic rings. The van der Waals surface area contributed by atoms with Gasteiger partial charge in [-0.3, -0.25) is 9.78 Å². The van der Waals surface area contributed by atoms with Crippen LogP contribution in [-0.2, 0) is 4.79 Å². The van der Waals surface area contributed by atoms with E-state index in [1.807, 2.05) is 23.6 Å². The number of anilines is 1. The van der Waals surface area contributed by atoms with E-state index in [0.29, 0.717) is 17.1 Å². The number of ether oxygens (including phenoxy) is 1. The molecule has 3 N–H and O–H groups in total. The number of carbonyl (C=O) groups is 1. The summed E-state index contributed by atoms with van der Waals surface area (Å²) in [7, 11) is 2.10. The van der Waals surface area contributed by atoms with Crippen LogP contribution < -0.4 is 15.4 Å². The van der Waals surface area contributed by atoms with Crippen molar-refractivity contribution in [1.82, 2.24) is 25.2 Å². The number of likely N-dealkylation sites (tertiary alicyclic amines) is 1. The number of carbonyl (C=O) groups excluding carboxylic acids is 1. The van der Waals surface area contributed by atoms with Gasteiger partial charge < -0.3 is 25.3 Å². The van der Waals surface area contributed by atoms with Crippen LogP contribution in [0.25, 0.3) is 22.2 Å². The lowest BCUT2D eigenvalue weighted by molar-refractivity contribution is -0.139. The normalized spacial score (nSPS) is 16.3. The molecule has 8 nitrogen and oxygen atoms in total. The summed E-state index contributed by atoms with van der Waals surface area (Å²) in [6.07, 6.45) is 4.35. The molecule has 1 aliphatic rings. The summed E-state index contributed by atoms with van der Waals surface area (Å²) in [4.78, 5) is 26.6. The molecule has 1 unspecified atom stereocenters.